The molecule has 1 aromatic rings. The molecule has 5 heteroatoms. The summed E-state index contributed by atoms with van der Waals surface area (Å²) in [6.07, 6.45) is 0. The van der Waals surface area contributed by atoms with Crippen molar-refractivity contribution in [3.8, 4) is 0 Å². The van der Waals surface area contributed by atoms with Gasteiger partial charge in [-0.25, -0.2) is 8.42 Å². The molecular weight excluding hydrogens is 260 g/mol. The smallest absolute Gasteiger partial charge is 0.243 e. The second kappa shape index (κ2) is 5.23. The first-order valence-corrected chi connectivity index (χ1v) is 8.10. The monoisotopic (exact) mass is 282 g/mol. The average Bonchev–Trinajstić information content (AvgIpc) is 2.31. The summed E-state index contributed by atoms with van der Waals surface area (Å²) in [6.45, 7) is 9.04. The Labute approximate surface area is 115 Å². The molecule has 0 aliphatic carbocycles. The lowest BCUT2D eigenvalue weighted by molar-refractivity contribution is 0.233. The number of hydrogen-bond donors (Lipinski definition) is 1. The first kappa shape index (κ1) is 14.5. The summed E-state index contributed by atoms with van der Waals surface area (Å²) in [5, 5.41) is 3.30. The van der Waals surface area contributed by atoms with Gasteiger partial charge in [0.25, 0.3) is 0 Å². The molecule has 106 valence electrons. The highest BCUT2D eigenvalue weighted by Gasteiger charge is 2.34. The minimum absolute atomic E-state index is 0.0283. The Bertz CT molecular complexity index is 569. The number of rotatable bonds is 2. The first-order valence-electron chi connectivity index (χ1n) is 6.66. The maximum absolute atomic E-state index is 12.8. The molecule has 1 aromatic carbocycles. The zero-order chi connectivity index (χ0) is 14.2. The van der Waals surface area contributed by atoms with E-state index in [1.54, 1.807) is 10.4 Å². The van der Waals surface area contributed by atoms with E-state index >= 15 is 0 Å². The van der Waals surface area contributed by atoms with Crippen molar-refractivity contribution < 1.29 is 8.42 Å². The van der Waals surface area contributed by atoms with Gasteiger partial charge in [-0.3, -0.25) is 0 Å². The average molecular weight is 282 g/mol. The Balaban J connectivity index is 2.41. The number of aryl methyl sites for hydroxylation is 2. The molecule has 0 radical (unpaired) electrons. The lowest BCUT2D eigenvalue weighted by atomic mass is 10.1. The van der Waals surface area contributed by atoms with E-state index in [0.717, 1.165) is 11.1 Å². The third kappa shape index (κ3) is 2.68. The van der Waals surface area contributed by atoms with Crippen LogP contribution in [0.1, 0.15) is 25.0 Å². The molecule has 0 amide bonds. The molecule has 0 bridgehead atoms. The maximum atomic E-state index is 12.8. The van der Waals surface area contributed by atoms with Crippen molar-refractivity contribution in [3.05, 3.63) is 29.3 Å². The fraction of sp³-hybridized carbons (Fsp3) is 0.571. The summed E-state index contributed by atoms with van der Waals surface area (Å²) in [4.78, 5) is 0.430. The summed E-state index contributed by atoms with van der Waals surface area (Å²) in [6, 6.07) is 5.65. The number of piperazine rings is 1. The highest BCUT2D eigenvalue weighted by Crippen LogP contribution is 2.24. The van der Waals surface area contributed by atoms with Crippen LogP contribution in [0.4, 0.5) is 0 Å². The van der Waals surface area contributed by atoms with Crippen LogP contribution in [0, 0.1) is 13.8 Å². The zero-order valence-corrected chi connectivity index (χ0v) is 12.8. The van der Waals surface area contributed by atoms with Gasteiger partial charge in [0.1, 0.15) is 0 Å². The van der Waals surface area contributed by atoms with Gasteiger partial charge in [-0.05, 0) is 39.3 Å². The number of benzene rings is 1. The van der Waals surface area contributed by atoms with Crippen molar-refractivity contribution in [1.82, 2.24) is 9.62 Å². The minimum Gasteiger partial charge on any atom is -0.311 e. The molecule has 2 rings (SSSR count). The van der Waals surface area contributed by atoms with Crippen LogP contribution >= 0.6 is 0 Å². The lowest BCUT2D eigenvalue weighted by Crippen LogP contribution is -2.57. The quantitative estimate of drug-likeness (QED) is 0.898. The molecule has 1 heterocycles. The normalized spacial score (nSPS) is 25.5. The Morgan fingerprint density at radius 3 is 2.58 bits per heavy atom. The third-order valence-electron chi connectivity index (χ3n) is 3.89. The molecule has 0 spiro atoms. The van der Waals surface area contributed by atoms with Gasteiger partial charge < -0.3 is 5.32 Å². The maximum Gasteiger partial charge on any atom is 0.243 e. The number of sulfonamides is 1. The predicted molar refractivity (Wildman–Crippen MR) is 76.7 cm³/mol. The van der Waals surface area contributed by atoms with E-state index in [-0.39, 0.29) is 12.1 Å². The van der Waals surface area contributed by atoms with Crippen LogP contribution < -0.4 is 5.32 Å². The Morgan fingerprint density at radius 2 is 1.95 bits per heavy atom. The molecule has 1 N–H and O–H groups in total. The summed E-state index contributed by atoms with van der Waals surface area (Å²) < 4.78 is 27.2. The standard InChI is InChI=1S/C14H22N2O2S/c1-10-5-6-14(11(2)9-10)19(17,18)16-8-7-15-12(3)13(16)4/h5-6,9,12-13,15H,7-8H2,1-4H3. The summed E-state index contributed by atoms with van der Waals surface area (Å²) in [5.74, 6) is 0. The SMILES string of the molecule is Cc1ccc(S(=O)(=O)N2CCNC(C)C2C)c(C)c1. The van der Waals surface area contributed by atoms with Gasteiger partial charge in [0.2, 0.25) is 10.0 Å². The van der Waals surface area contributed by atoms with E-state index in [0.29, 0.717) is 18.0 Å². The third-order valence-corrected chi connectivity index (χ3v) is 6.04. The van der Waals surface area contributed by atoms with Crippen LogP contribution in [-0.2, 0) is 10.0 Å². The molecule has 2 atom stereocenters. The van der Waals surface area contributed by atoms with Gasteiger partial charge in [0, 0.05) is 25.2 Å². The van der Waals surface area contributed by atoms with Crippen molar-refractivity contribution in [1.29, 1.82) is 0 Å². The summed E-state index contributed by atoms with van der Waals surface area (Å²) in [5.41, 5.74) is 1.90. The predicted octanol–water partition coefficient (Wildman–Crippen LogP) is 1.67. The molecule has 0 saturated carbocycles. The molecule has 4 nitrogen and oxygen atoms in total. The van der Waals surface area contributed by atoms with Crippen LogP contribution in [-0.4, -0.2) is 37.9 Å². The highest BCUT2D eigenvalue weighted by atomic mass is 32.2. The molecule has 1 saturated heterocycles. The Hall–Kier alpha value is -0.910. The molecule has 0 aromatic heterocycles. The lowest BCUT2D eigenvalue weighted by Gasteiger charge is -2.37. The van der Waals surface area contributed by atoms with E-state index in [4.69, 9.17) is 0 Å². The van der Waals surface area contributed by atoms with Gasteiger partial charge in [-0.2, -0.15) is 4.31 Å². The van der Waals surface area contributed by atoms with Crippen molar-refractivity contribution in [2.75, 3.05) is 13.1 Å². The van der Waals surface area contributed by atoms with E-state index < -0.39 is 10.0 Å². The minimum atomic E-state index is -3.40. The van der Waals surface area contributed by atoms with Crippen LogP contribution in [0.25, 0.3) is 0 Å². The molecular formula is C14H22N2O2S. The fourth-order valence-electron chi connectivity index (χ4n) is 2.58. The Kier molecular flexibility index (Phi) is 3.99. The Morgan fingerprint density at radius 1 is 1.26 bits per heavy atom. The van der Waals surface area contributed by atoms with Gasteiger partial charge in [-0.15, -0.1) is 0 Å². The molecule has 1 aliphatic heterocycles. The van der Waals surface area contributed by atoms with Gasteiger partial charge in [-0.1, -0.05) is 17.7 Å². The van der Waals surface area contributed by atoms with Crippen LogP contribution in [0.15, 0.2) is 23.1 Å². The number of nitrogens with one attached hydrogen (secondary N) is 1. The second-order valence-electron chi connectivity index (χ2n) is 5.37. The van der Waals surface area contributed by atoms with Crippen LogP contribution in [0.5, 0.6) is 0 Å². The highest BCUT2D eigenvalue weighted by molar-refractivity contribution is 7.89. The fourth-order valence-corrected chi connectivity index (χ4v) is 4.49. The van der Waals surface area contributed by atoms with E-state index in [2.05, 4.69) is 5.32 Å². The first-order chi connectivity index (χ1) is 8.84. The zero-order valence-electron chi connectivity index (χ0n) is 12.0. The van der Waals surface area contributed by atoms with E-state index in [9.17, 15) is 8.42 Å². The molecule has 19 heavy (non-hydrogen) atoms. The summed E-state index contributed by atoms with van der Waals surface area (Å²) in [7, 11) is -3.40. The van der Waals surface area contributed by atoms with Gasteiger partial charge in [0.05, 0.1) is 4.90 Å². The largest absolute Gasteiger partial charge is 0.311 e. The number of nitrogens with zero attached hydrogens (tertiary/aromatic N) is 1. The van der Waals surface area contributed by atoms with Crippen molar-refractivity contribution in [3.63, 3.8) is 0 Å². The van der Waals surface area contributed by atoms with Crippen LogP contribution in [0.3, 0.4) is 0 Å². The molecule has 1 fully saturated rings. The van der Waals surface area contributed by atoms with Crippen LogP contribution in [0.2, 0.25) is 0 Å². The van der Waals surface area contributed by atoms with Crippen molar-refractivity contribution >= 4 is 10.0 Å². The van der Waals surface area contributed by atoms with E-state index in [1.807, 2.05) is 39.8 Å². The van der Waals surface area contributed by atoms with Gasteiger partial charge in [0.15, 0.2) is 0 Å². The molecule has 2 unspecified atom stereocenters. The second-order valence-corrected chi connectivity index (χ2v) is 7.23. The number of hydrogen-bond acceptors (Lipinski definition) is 3. The topological polar surface area (TPSA) is 49.4 Å². The van der Waals surface area contributed by atoms with E-state index in [1.165, 1.54) is 0 Å². The van der Waals surface area contributed by atoms with Gasteiger partial charge >= 0.3 is 0 Å². The summed E-state index contributed by atoms with van der Waals surface area (Å²) >= 11 is 0. The molecule has 1 aliphatic rings. The van der Waals surface area contributed by atoms with Crippen molar-refractivity contribution in [2.24, 2.45) is 0 Å². The van der Waals surface area contributed by atoms with Crippen molar-refractivity contribution in [2.45, 2.75) is 44.7 Å².